The summed E-state index contributed by atoms with van der Waals surface area (Å²) >= 11 is 0. The number of hydrogen-bond donors (Lipinski definition) is 4. The molecule has 0 aromatic carbocycles. The van der Waals surface area contributed by atoms with Crippen molar-refractivity contribution in [2.24, 2.45) is 4.99 Å². The maximum Gasteiger partial charge on any atom is 0.328 e. The molecule has 146 valence electrons. The molecule has 2 aromatic heterocycles. The van der Waals surface area contributed by atoms with E-state index < -0.39 is 17.1 Å². The van der Waals surface area contributed by atoms with E-state index in [1.54, 1.807) is 6.92 Å². The number of nitrogens with zero attached hydrogens (tertiary/aromatic N) is 1. The van der Waals surface area contributed by atoms with Crippen molar-refractivity contribution in [1.29, 1.82) is 0 Å². The third-order valence-corrected chi connectivity index (χ3v) is 4.99. The standard InChI is InChI=1S/C20H22N4O4/c1-5-11-9(3)14(8-16-12(6-2)10(4)17(25)22-16)21-15(11)7-13-18(26)23-20(28)24-19(13)27/h7-8,21H,5-6H2,1-4H3,(H3,23,24,26,27,28)/b14-8-,15-7-. The molecular formula is C20H22N4O4. The Hall–Kier alpha value is -3.42. The van der Waals surface area contributed by atoms with Crippen LogP contribution in [0.1, 0.15) is 43.9 Å². The highest BCUT2D eigenvalue weighted by Crippen LogP contribution is 2.20. The van der Waals surface area contributed by atoms with Gasteiger partial charge in [0.1, 0.15) is 5.56 Å². The number of rotatable bonds is 4. The second-order valence-electron chi connectivity index (χ2n) is 6.63. The van der Waals surface area contributed by atoms with Crippen LogP contribution in [0.5, 0.6) is 5.88 Å². The molecule has 3 heterocycles. The van der Waals surface area contributed by atoms with Gasteiger partial charge in [-0.1, -0.05) is 13.8 Å². The van der Waals surface area contributed by atoms with Crippen LogP contribution in [0, 0.1) is 6.92 Å². The maximum atomic E-state index is 12.0. The zero-order valence-electron chi connectivity index (χ0n) is 16.2. The molecule has 1 aliphatic heterocycles. The molecule has 3 rings (SSSR count). The Bertz CT molecular complexity index is 1270. The van der Waals surface area contributed by atoms with Gasteiger partial charge in [-0.05, 0) is 55.5 Å². The molecule has 1 aliphatic rings. The number of amides is 1. The highest BCUT2D eigenvalue weighted by Gasteiger charge is 2.20. The summed E-state index contributed by atoms with van der Waals surface area (Å²) in [7, 11) is 0. The quantitative estimate of drug-likeness (QED) is 0.605. The van der Waals surface area contributed by atoms with Gasteiger partial charge >= 0.3 is 5.69 Å². The molecule has 0 bridgehead atoms. The van der Waals surface area contributed by atoms with Gasteiger partial charge in [-0.2, -0.15) is 0 Å². The monoisotopic (exact) mass is 382 g/mol. The van der Waals surface area contributed by atoms with E-state index in [-0.39, 0.29) is 11.5 Å². The molecule has 4 N–H and O–H groups in total. The smallest absolute Gasteiger partial charge is 0.328 e. The maximum absolute atomic E-state index is 12.0. The predicted molar refractivity (Wildman–Crippen MR) is 107 cm³/mol. The minimum absolute atomic E-state index is 0.0412. The van der Waals surface area contributed by atoms with E-state index in [1.807, 2.05) is 26.8 Å². The largest absolute Gasteiger partial charge is 0.494 e. The van der Waals surface area contributed by atoms with Gasteiger partial charge in [-0.3, -0.25) is 19.6 Å². The second kappa shape index (κ2) is 7.30. The molecule has 8 nitrogen and oxygen atoms in total. The van der Waals surface area contributed by atoms with E-state index in [0.29, 0.717) is 29.5 Å². The Morgan fingerprint density at radius 3 is 2.29 bits per heavy atom. The summed E-state index contributed by atoms with van der Waals surface area (Å²) < 4.78 is 0. The minimum Gasteiger partial charge on any atom is -0.494 e. The molecule has 0 saturated heterocycles. The van der Waals surface area contributed by atoms with E-state index in [1.165, 1.54) is 6.08 Å². The fourth-order valence-corrected chi connectivity index (χ4v) is 3.45. The molecular weight excluding hydrogens is 360 g/mol. The average molecular weight is 382 g/mol. The van der Waals surface area contributed by atoms with Gasteiger partial charge in [0.25, 0.3) is 11.5 Å². The van der Waals surface area contributed by atoms with Crippen LogP contribution >= 0.6 is 0 Å². The molecule has 0 unspecified atom stereocenters. The number of H-pyrrole nitrogens is 3. The van der Waals surface area contributed by atoms with Crippen molar-refractivity contribution < 1.29 is 9.90 Å². The number of aromatic hydroxyl groups is 1. The molecule has 0 saturated carbocycles. The van der Waals surface area contributed by atoms with Gasteiger partial charge in [0, 0.05) is 16.3 Å². The lowest BCUT2D eigenvalue weighted by Gasteiger charge is -1.99. The first-order chi connectivity index (χ1) is 13.3. The Morgan fingerprint density at radius 1 is 0.964 bits per heavy atom. The number of carbonyl (C=O) groups is 1. The number of aliphatic imine (C=N–C) groups is 1. The predicted octanol–water partition coefficient (Wildman–Crippen LogP) is 0.285. The summed E-state index contributed by atoms with van der Waals surface area (Å²) in [6.45, 7) is 7.67. The third kappa shape index (κ3) is 3.28. The van der Waals surface area contributed by atoms with Crippen molar-refractivity contribution in [1.82, 2.24) is 15.0 Å². The molecule has 0 atom stereocenters. The topological polar surface area (TPSA) is 131 Å². The summed E-state index contributed by atoms with van der Waals surface area (Å²) in [6.07, 6.45) is 4.71. The van der Waals surface area contributed by atoms with Crippen molar-refractivity contribution in [3.05, 3.63) is 59.4 Å². The Balaban J connectivity index is 2.24. The van der Waals surface area contributed by atoms with Gasteiger partial charge in [-0.15, -0.1) is 0 Å². The number of allylic oxidation sites excluding steroid dienone is 1. The summed E-state index contributed by atoms with van der Waals surface area (Å²) in [4.78, 5) is 46.9. The number of aromatic amines is 3. The van der Waals surface area contributed by atoms with E-state index in [4.69, 9.17) is 0 Å². The second-order valence-corrected chi connectivity index (χ2v) is 6.63. The first kappa shape index (κ1) is 19.3. The van der Waals surface area contributed by atoms with E-state index >= 15 is 0 Å². The van der Waals surface area contributed by atoms with E-state index in [2.05, 4.69) is 19.9 Å². The lowest BCUT2D eigenvalue weighted by Crippen LogP contribution is -2.25. The summed E-state index contributed by atoms with van der Waals surface area (Å²) in [5.74, 6) is -0.717. The molecule has 2 aromatic rings. The Kier molecular flexibility index (Phi) is 5.04. The van der Waals surface area contributed by atoms with Crippen LogP contribution in [0.25, 0.3) is 12.2 Å². The van der Waals surface area contributed by atoms with Crippen LogP contribution in [-0.2, 0) is 11.2 Å². The zero-order valence-corrected chi connectivity index (χ0v) is 16.2. The zero-order chi connectivity index (χ0) is 20.6. The first-order valence-electron chi connectivity index (χ1n) is 9.06. The average Bonchev–Trinajstić information content (AvgIpc) is 3.07. The minimum atomic E-state index is -0.773. The van der Waals surface area contributed by atoms with Crippen molar-refractivity contribution in [3.8, 4) is 5.88 Å². The summed E-state index contributed by atoms with van der Waals surface area (Å²) in [5.41, 5.74) is 2.63. The molecule has 1 amide bonds. The number of aromatic nitrogens is 3. The van der Waals surface area contributed by atoms with Crippen LogP contribution in [0.2, 0.25) is 0 Å². The number of nitrogens with one attached hydrogen (secondary N) is 3. The van der Waals surface area contributed by atoms with Crippen molar-refractivity contribution >= 4 is 23.8 Å². The van der Waals surface area contributed by atoms with Crippen molar-refractivity contribution in [2.45, 2.75) is 40.5 Å². The Labute approximate surface area is 160 Å². The van der Waals surface area contributed by atoms with Crippen LogP contribution in [0.15, 0.2) is 25.7 Å². The normalized spacial score (nSPS) is 15.7. The Morgan fingerprint density at radius 2 is 1.68 bits per heavy atom. The summed E-state index contributed by atoms with van der Waals surface area (Å²) in [6, 6.07) is 0. The van der Waals surface area contributed by atoms with Crippen LogP contribution in [0.3, 0.4) is 0 Å². The van der Waals surface area contributed by atoms with Crippen molar-refractivity contribution in [3.63, 3.8) is 0 Å². The number of hydrogen-bond acceptors (Lipinski definition) is 4. The van der Waals surface area contributed by atoms with Gasteiger partial charge in [0.05, 0.1) is 5.71 Å². The van der Waals surface area contributed by atoms with Gasteiger partial charge < -0.3 is 10.1 Å². The lowest BCUT2D eigenvalue weighted by molar-refractivity contribution is -0.114. The van der Waals surface area contributed by atoms with Gasteiger partial charge in [0.2, 0.25) is 5.88 Å². The molecule has 0 spiro atoms. The fourth-order valence-electron chi connectivity index (χ4n) is 3.45. The van der Waals surface area contributed by atoms with Crippen molar-refractivity contribution in [2.75, 3.05) is 0 Å². The van der Waals surface area contributed by atoms with Crippen LogP contribution in [0.4, 0.5) is 0 Å². The molecule has 8 heteroatoms. The highest BCUT2D eigenvalue weighted by molar-refractivity contribution is 6.30. The van der Waals surface area contributed by atoms with Crippen LogP contribution < -0.4 is 21.9 Å². The molecule has 28 heavy (non-hydrogen) atoms. The molecule has 0 aliphatic carbocycles. The molecule has 0 radical (unpaired) electrons. The van der Waals surface area contributed by atoms with Gasteiger partial charge in [0.15, 0.2) is 0 Å². The van der Waals surface area contributed by atoms with Gasteiger partial charge in [-0.25, -0.2) is 9.79 Å². The van der Waals surface area contributed by atoms with Crippen LogP contribution in [-0.4, -0.2) is 31.7 Å². The SMILES string of the molecule is CCC1=C(C)C(=O)N=C1/C=c1\[nH]/c(=C\c2c(O)[nH]c(=O)[nH]c2=O)c(CC)c1C. The number of carbonyl (C=O) groups excluding carboxylic acids is 1. The fraction of sp³-hybridized carbons (Fsp3) is 0.300. The lowest BCUT2D eigenvalue weighted by atomic mass is 10.0. The summed E-state index contributed by atoms with van der Waals surface area (Å²) in [5, 5.41) is 11.4. The molecule has 0 fully saturated rings. The first-order valence-corrected chi connectivity index (χ1v) is 9.06. The van der Waals surface area contributed by atoms with E-state index in [9.17, 15) is 19.5 Å². The third-order valence-electron chi connectivity index (χ3n) is 4.99. The highest BCUT2D eigenvalue weighted by atomic mass is 16.3. The van der Waals surface area contributed by atoms with E-state index in [0.717, 1.165) is 22.0 Å².